The maximum Gasteiger partial charge on any atom is 0.254 e. The molecule has 1 aromatic carbocycles. The number of ether oxygens (including phenoxy) is 1. The summed E-state index contributed by atoms with van der Waals surface area (Å²) in [5, 5.41) is 3.13. The molecule has 1 fully saturated rings. The van der Waals surface area contributed by atoms with Gasteiger partial charge in [0.2, 0.25) is 5.95 Å². The summed E-state index contributed by atoms with van der Waals surface area (Å²) in [6.07, 6.45) is 3.62. The molecular weight excluding hydrogens is 423 g/mol. The van der Waals surface area contributed by atoms with Gasteiger partial charge in [0.25, 0.3) is 5.91 Å². The Morgan fingerprint density at radius 3 is 2.73 bits per heavy atom. The summed E-state index contributed by atoms with van der Waals surface area (Å²) in [6, 6.07) is 5.59. The number of nitrogens with zero attached hydrogens (tertiary/aromatic N) is 5. The van der Waals surface area contributed by atoms with Crippen LogP contribution in [0.4, 0.5) is 16.0 Å². The molecule has 174 valence electrons. The van der Waals surface area contributed by atoms with Crippen molar-refractivity contribution in [2.24, 2.45) is 0 Å². The molecule has 0 bridgehead atoms. The number of carbonyl (C=O) groups excluding carboxylic acids is 1. The number of halogens is 1. The van der Waals surface area contributed by atoms with Gasteiger partial charge in [0.05, 0.1) is 24.7 Å². The van der Waals surface area contributed by atoms with E-state index in [1.165, 1.54) is 0 Å². The molecule has 3 heterocycles. The molecule has 1 aliphatic heterocycles. The quantitative estimate of drug-likeness (QED) is 0.622. The lowest BCUT2D eigenvalue weighted by Crippen LogP contribution is -2.33. The summed E-state index contributed by atoms with van der Waals surface area (Å²) in [5.41, 5.74) is 3.00. The highest BCUT2D eigenvalue weighted by Crippen LogP contribution is 2.27. The zero-order valence-electron chi connectivity index (χ0n) is 19.4. The van der Waals surface area contributed by atoms with Crippen molar-refractivity contribution in [3.8, 4) is 11.4 Å². The van der Waals surface area contributed by atoms with Gasteiger partial charge in [0, 0.05) is 37.0 Å². The zero-order chi connectivity index (χ0) is 23.5. The Morgan fingerprint density at radius 2 is 1.97 bits per heavy atom. The van der Waals surface area contributed by atoms with E-state index in [4.69, 9.17) is 4.74 Å². The molecule has 3 aromatic rings. The van der Waals surface area contributed by atoms with Crippen LogP contribution in [0.5, 0.6) is 0 Å². The average molecular weight is 453 g/mol. The van der Waals surface area contributed by atoms with Gasteiger partial charge in [-0.1, -0.05) is 0 Å². The lowest BCUT2D eigenvalue weighted by atomic mass is 10.1. The van der Waals surface area contributed by atoms with Crippen LogP contribution in [0.25, 0.3) is 11.4 Å². The van der Waals surface area contributed by atoms with Crippen molar-refractivity contribution in [1.29, 1.82) is 0 Å². The Kier molecular flexibility index (Phi) is 6.69. The van der Waals surface area contributed by atoms with E-state index in [-0.39, 0.29) is 23.6 Å². The second kappa shape index (κ2) is 9.66. The number of anilines is 2. The molecule has 0 unspecified atom stereocenters. The first-order valence-electron chi connectivity index (χ1n) is 11.2. The van der Waals surface area contributed by atoms with Gasteiger partial charge in [-0.05, 0) is 57.9 Å². The molecule has 9 heteroatoms. The summed E-state index contributed by atoms with van der Waals surface area (Å²) in [4.78, 5) is 27.6. The number of aryl methyl sites for hydroxylation is 2. The summed E-state index contributed by atoms with van der Waals surface area (Å²) in [5.74, 6) is 0.547. The summed E-state index contributed by atoms with van der Waals surface area (Å²) in [6.45, 7) is 10.3. The third kappa shape index (κ3) is 4.88. The fourth-order valence-corrected chi connectivity index (χ4v) is 4.12. The predicted molar refractivity (Wildman–Crippen MR) is 124 cm³/mol. The fourth-order valence-electron chi connectivity index (χ4n) is 4.12. The van der Waals surface area contributed by atoms with E-state index in [1.54, 1.807) is 12.3 Å². The minimum atomic E-state index is -0.513. The number of hydrogen-bond acceptors (Lipinski definition) is 6. The summed E-state index contributed by atoms with van der Waals surface area (Å²) < 4.78 is 22.0. The Balaban J connectivity index is 1.57. The molecule has 8 nitrogen and oxygen atoms in total. The number of imidazole rings is 1. The van der Waals surface area contributed by atoms with Gasteiger partial charge in [-0.2, -0.15) is 0 Å². The molecule has 33 heavy (non-hydrogen) atoms. The second-order valence-electron chi connectivity index (χ2n) is 8.46. The Bertz CT molecular complexity index is 1150. The van der Waals surface area contributed by atoms with Crippen molar-refractivity contribution in [3.63, 3.8) is 0 Å². The zero-order valence-corrected chi connectivity index (χ0v) is 19.4. The van der Waals surface area contributed by atoms with Gasteiger partial charge in [0.15, 0.2) is 5.82 Å². The van der Waals surface area contributed by atoms with Crippen LogP contribution in [-0.2, 0) is 4.74 Å². The highest BCUT2D eigenvalue weighted by Gasteiger charge is 2.20. The topological polar surface area (TPSA) is 85.2 Å². The Labute approximate surface area is 192 Å². The number of carbonyl (C=O) groups is 1. The van der Waals surface area contributed by atoms with Crippen LogP contribution in [-0.4, -0.2) is 56.6 Å². The van der Waals surface area contributed by atoms with Gasteiger partial charge in [-0.25, -0.2) is 19.3 Å². The molecule has 0 radical (unpaired) electrons. The van der Waals surface area contributed by atoms with Crippen LogP contribution < -0.4 is 5.32 Å². The minimum absolute atomic E-state index is 0.00202. The molecule has 1 aliphatic rings. The molecular formula is C24H29FN6O2. The first kappa shape index (κ1) is 22.8. The largest absolute Gasteiger partial charge is 0.380 e. The van der Waals surface area contributed by atoms with Crippen molar-refractivity contribution in [2.75, 3.05) is 31.6 Å². The van der Waals surface area contributed by atoms with Gasteiger partial charge in [0.1, 0.15) is 11.5 Å². The molecule has 1 N–H and O–H groups in total. The van der Waals surface area contributed by atoms with Gasteiger partial charge in [-0.15, -0.1) is 0 Å². The van der Waals surface area contributed by atoms with Crippen molar-refractivity contribution < 1.29 is 13.9 Å². The van der Waals surface area contributed by atoms with Crippen LogP contribution in [0.3, 0.4) is 0 Å². The maximum atomic E-state index is 14.6. The fraction of sp³-hybridized carbons (Fsp3) is 0.417. The lowest BCUT2D eigenvalue weighted by molar-refractivity contribution is 0.0740. The van der Waals surface area contributed by atoms with E-state index in [0.717, 1.165) is 24.0 Å². The highest BCUT2D eigenvalue weighted by atomic mass is 19.1. The minimum Gasteiger partial charge on any atom is -0.380 e. The summed E-state index contributed by atoms with van der Waals surface area (Å²) in [7, 11) is 0. The third-order valence-corrected chi connectivity index (χ3v) is 5.71. The molecule has 2 aromatic heterocycles. The van der Waals surface area contributed by atoms with Crippen LogP contribution in [0, 0.1) is 19.7 Å². The van der Waals surface area contributed by atoms with Crippen LogP contribution in [0.15, 0.2) is 30.6 Å². The number of aromatic nitrogens is 4. The van der Waals surface area contributed by atoms with Crippen LogP contribution >= 0.6 is 0 Å². The molecule has 0 spiro atoms. The SMILES string of the molecule is Cc1cc(Nc2ncc(F)c(-c3cnc(C)n3C(C)C)n2)ccc1C(=O)N1CCCOCC1. The smallest absolute Gasteiger partial charge is 0.254 e. The van der Waals surface area contributed by atoms with E-state index in [2.05, 4.69) is 20.3 Å². The third-order valence-electron chi connectivity index (χ3n) is 5.71. The molecule has 4 rings (SSSR count). The van der Waals surface area contributed by atoms with E-state index in [9.17, 15) is 9.18 Å². The Morgan fingerprint density at radius 1 is 1.15 bits per heavy atom. The normalized spacial score (nSPS) is 14.4. The first-order valence-corrected chi connectivity index (χ1v) is 11.2. The number of hydrogen-bond donors (Lipinski definition) is 1. The molecule has 0 atom stereocenters. The van der Waals surface area contributed by atoms with Crippen LogP contribution in [0.2, 0.25) is 0 Å². The summed E-state index contributed by atoms with van der Waals surface area (Å²) >= 11 is 0. The molecule has 1 saturated heterocycles. The Hall–Kier alpha value is -3.33. The number of amides is 1. The molecule has 0 aliphatic carbocycles. The van der Waals surface area contributed by atoms with Gasteiger partial charge >= 0.3 is 0 Å². The number of rotatable bonds is 5. The standard InChI is InChI=1S/C24H29FN6O2/c1-15(2)31-17(4)26-14-21(31)22-20(25)13-27-24(29-22)28-18-6-7-19(16(3)12-18)23(32)30-8-5-10-33-11-9-30/h6-7,12-15H,5,8-11H2,1-4H3,(H,27,28,29). The van der Waals surface area contributed by atoms with E-state index in [0.29, 0.717) is 43.2 Å². The monoisotopic (exact) mass is 452 g/mol. The first-order chi connectivity index (χ1) is 15.8. The van der Waals surface area contributed by atoms with Crippen molar-refractivity contribution in [2.45, 2.75) is 40.2 Å². The van der Waals surface area contributed by atoms with Gasteiger partial charge < -0.3 is 19.5 Å². The van der Waals surface area contributed by atoms with E-state index < -0.39 is 5.82 Å². The highest BCUT2D eigenvalue weighted by molar-refractivity contribution is 5.96. The second-order valence-corrected chi connectivity index (χ2v) is 8.46. The number of nitrogens with one attached hydrogen (secondary N) is 1. The van der Waals surface area contributed by atoms with Crippen molar-refractivity contribution in [1.82, 2.24) is 24.4 Å². The van der Waals surface area contributed by atoms with E-state index >= 15 is 0 Å². The van der Waals surface area contributed by atoms with E-state index in [1.807, 2.05) is 49.3 Å². The number of benzene rings is 1. The average Bonchev–Trinajstić information content (AvgIpc) is 2.97. The lowest BCUT2D eigenvalue weighted by Gasteiger charge is -2.21. The van der Waals surface area contributed by atoms with Crippen molar-refractivity contribution >= 4 is 17.5 Å². The van der Waals surface area contributed by atoms with Crippen molar-refractivity contribution in [3.05, 3.63) is 53.4 Å². The van der Waals surface area contributed by atoms with Crippen LogP contribution in [0.1, 0.15) is 48.1 Å². The predicted octanol–water partition coefficient (Wildman–Crippen LogP) is 4.28. The maximum absolute atomic E-state index is 14.6. The molecule has 0 saturated carbocycles. The van der Waals surface area contributed by atoms with Gasteiger partial charge in [-0.3, -0.25) is 4.79 Å². The molecule has 1 amide bonds.